The highest BCUT2D eigenvalue weighted by atomic mass is 19.4. The highest BCUT2D eigenvalue weighted by Crippen LogP contribution is 2.44. The molecule has 0 aromatic heterocycles. The molecular formula is C9H3F6NO. The van der Waals surface area contributed by atoms with Gasteiger partial charge in [-0.2, -0.15) is 31.3 Å². The number of carbonyl (C=O) groups excluding carboxylic acids is 1. The zero-order chi connectivity index (χ0) is 13.3. The van der Waals surface area contributed by atoms with E-state index in [1.54, 1.807) is 0 Å². The van der Waals surface area contributed by atoms with Crippen LogP contribution in [0.1, 0.15) is 11.1 Å². The minimum atomic E-state index is -5.26. The van der Waals surface area contributed by atoms with Gasteiger partial charge in [0.05, 0.1) is 16.8 Å². The van der Waals surface area contributed by atoms with Gasteiger partial charge in [-0.15, -0.1) is 0 Å². The van der Waals surface area contributed by atoms with E-state index in [-0.39, 0.29) is 6.07 Å². The van der Waals surface area contributed by atoms with E-state index in [0.29, 0.717) is 6.07 Å². The Hall–Kier alpha value is -1.82. The van der Waals surface area contributed by atoms with Crippen molar-refractivity contribution < 1.29 is 31.1 Å². The number of halogens is 6. The fourth-order valence-corrected chi connectivity index (χ4v) is 1.22. The smallest absolute Gasteiger partial charge is 0.211 e. The van der Waals surface area contributed by atoms with Crippen molar-refractivity contribution in [2.45, 2.75) is 12.4 Å². The van der Waals surface area contributed by atoms with E-state index in [0.717, 1.165) is 12.1 Å². The third-order valence-corrected chi connectivity index (χ3v) is 1.80. The monoisotopic (exact) mass is 255 g/mol. The molecule has 0 radical (unpaired) electrons. The van der Waals surface area contributed by atoms with Crippen molar-refractivity contribution in [3.05, 3.63) is 29.3 Å². The molecule has 1 aromatic carbocycles. The Balaban J connectivity index is 3.63. The Morgan fingerprint density at radius 1 is 1.00 bits per heavy atom. The molecule has 0 saturated heterocycles. The number of alkyl halides is 6. The summed E-state index contributed by atoms with van der Waals surface area (Å²) in [6.45, 7) is 0. The lowest BCUT2D eigenvalue weighted by molar-refractivity contribution is -0.161. The molecule has 8 heteroatoms. The van der Waals surface area contributed by atoms with Gasteiger partial charge in [0, 0.05) is 0 Å². The van der Waals surface area contributed by atoms with Crippen LogP contribution in [0.15, 0.2) is 23.2 Å². The van der Waals surface area contributed by atoms with Crippen LogP contribution in [-0.2, 0) is 17.1 Å². The average Bonchev–Trinajstić information content (AvgIpc) is 2.14. The SMILES string of the molecule is O=C=Nc1cccc(C(F)(F)F)c1C(F)(F)F. The Bertz CT molecular complexity index is 469. The molecule has 2 nitrogen and oxygen atoms in total. The minimum absolute atomic E-state index is 0.270. The topological polar surface area (TPSA) is 29.4 Å². The van der Waals surface area contributed by atoms with Crippen LogP contribution >= 0.6 is 0 Å². The normalized spacial score (nSPS) is 12.1. The zero-order valence-corrected chi connectivity index (χ0v) is 7.86. The number of hydrogen-bond donors (Lipinski definition) is 0. The molecule has 0 spiro atoms. The van der Waals surface area contributed by atoms with Crippen LogP contribution in [0.25, 0.3) is 0 Å². The van der Waals surface area contributed by atoms with Crippen LogP contribution in [0, 0.1) is 0 Å². The van der Waals surface area contributed by atoms with Crippen molar-refractivity contribution in [2.24, 2.45) is 4.99 Å². The highest BCUT2D eigenvalue weighted by Gasteiger charge is 2.44. The van der Waals surface area contributed by atoms with Gasteiger partial charge in [-0.05, 0) is 12.1 Å². The van der Waals surface area contributed by atoms with Crippen molar-refractivity contribution in [1.29, 1.82) is 0 Å². The van der Waals surface area contributed by atoms with Crippen molar-refractivity contribution in [2.75, 3.05) is 0 Å². The molecule has 0 bridgehead atoms. The van der Waals surface area contributed by atoms with Gasteiger partial charge in [-0.25, -0.2) is 4.79 Å². The lowest BCUT2D eigenvalue weighted by atomic mass is 10.0. The number of aliphatic imine (C=N–C) groups is 1. The van der Waals surface area contributed by atoms with E-state index in [9.17, 15) is 31.1 Å². The van der Waals surface area contributed by atoms with Gasteiger partial charge < -0.3 is 0 Å². The first-order valence-electron chi connectivity index (χ1n) is 4.03. The second-order valence-corrected chi connectivity index (χ2v) is 2.90. The molecule has 0 saturated carbocycles. The van der Waals surface area contributed by atoms with E-state index in [2.05, 4.69) is 4.99 Å². The molecular weight excluding hydrogens is 252 g/mol. The third-order valence-electron chi connectivity index (χ3n) is 1.80. The number of isocyanates is 1. The van der Waals surface area contributed by atoms with Crippen molar-refractivity contribution in [3.63, 3.8) is 0 Å². The zero-order valence-electron chi connectivity index (χ0n) is 7.86. The van der Waals surface area contributed by atoms with Crippen LogP contribution in [-0.4, -0.2) is 6.08 Å². The first-order chi connectivity index (χ1) is 7.68. The quantitative estimate of drug-likeness (QED) is 0.427. The molecule has 0 fully saturated rings. The van der Waals surface area contributed by atoms with Gasteiger partial charge in [-0.3, -0.25) is 0 Å². The van der Waals surface area contributed by atoms with E-state index in [1.165, 1.54) is 0 Å². The Morgan fingerprint density at radius 3 is 2.00 bits per heavy atom. The predicted molar refractivity (Wildman–Crippen MR) is 44.2 cm³/mol. The summed E-state index contributed by atoms with van der Waals surface area (Å²) in [5.41, 5.74) is -4.99. The van der Waals surface area contributed by atoms with E-state index in [4.69, 9.17) is 0 Å². The summed E-state index contributed by atoms with van der Waals surface area (Å²) in [5.74, 6) is 0. The van der Waals surface area contributed by atoms with E-state index < -0.39 is 29.2 Å². The molecule has 92 valence electrons. The maximum Gasteiger partial charge on any atom is 0.419 e. The molecule has 0 amide bonds. The predicted octanol–water partition coefficient (Wildman–Crippen LogP) is 3.69. The van der Waals surface area contributed by atoms with Crippen LogP contribution in [0.4, 0.5) is 32.0 Å². The second-order valence-electron chi connectivity index (χ2n) is 2.90. The molecule has 0 aliphatic carbocycles. The Labute approximate surface area is 90.6 Å². The maximum atomic E-state index is 12.5. The van der Waals surface area contributed by atoms with Gasteiger partial charge in [0.25, 0.3) is 0 Å². The molecule has 0 atom stereocenters. The first kappa shape index (κ1) is 13.2. The van der Waals surface area contributed by atoms with Crippen LogP contribution in [0.5, 0.6) is 0 Å². The largest absolute Gasteiger partial charge is 0.419 e. The summed E-state index contributed by atoms with van der Waals surface area (Å²) in [6.07, 6.45) is -9.66. The van der Waals surface area contributed by atoms with Crippen molar-refractivity contribution in [3.8, 4) is 0 Å². The lowest BCUT2D eigenvalue weighted by Gasteiger charge is -2.16. The van der Waals surface area contributed by atoms with E-state index in [1.807, 2.05) is 0 Å². The average molecular weight is 255 g/mol. The van der Waals surface area contributed by atoms with Crippen LogP contribution in [0.3, 0.4) is 0 Å². The molecule has 1 rings (SSSR count). The molecule has 1 aromatic rings. The van der Waals surface area contributed by atoms with E-state index >= 15 is 0 Å². The van der Waals surface area contributed by atoms with Crippen molar-refractivity contribution in [1.82, 2.24) is 0 Å². The first-order valence-corrected chi connectivity index (χ1v) is 4.03. The van der Waals surface area contributed by atoms with Crippen LogP contribution in [0.2, 0.25) is 0 Å². The van der Waals surface area contributed by atoms with Gasteiger partial charge in [0.1, 0.15) is 0 Å². The summed E-state index contributed by atoms with van der Waals surface area (Å²) in [5, 5.41) is 0. The summed E-state index contributed by atoms with van der Waals surface area (Å²) in [4.78, 5) is 12.5. The van der Waals surface area contributed by atoms with Gasteiger partial charge in [-0.1, -0.05) is 6.07 Å². The highest BCUT2D eigenvalue weighted by molar-refractivity contribution is 5.58. The van der Waals surface area contributed by atoms with Gasteiger partial charge >= 0.3 is 12.4 Å². The maximum absolute atomic E-state index is 12.5. The minimum Gasteiger partial charge on any atom is -0.211 e. The van der Waals surface area contributed by atoms with Gasteiger partial charge in [0.2, 0.25) is 6.08 Å². The van der Waals surface area contributed by atoms with Crippen LogP contribution < -0.4 is 0 Å². The molecule has 0 aliphatic rings. The third kappa shape index (κ3) is 2.85. The molecule has 0 N–H and O–H groups in total. The number of nitrogens with zero attached hydrogens (tertiary/aromatic N) is 1. The number of hydrogen-bond acceptors (Lipinski definition) is 2. The molecule has 17 heavy (non-hydrogen) atoms. The lowest BCUT2D eigenvalue weighted by Crippen LogP contribution is -2.16. The number of benzene rings is 1. The fraction of sp³-hybridized carbons (Fsp3) is 0.222. The van der Waals surface area contributed by atoms with Crippen molar-refractivity contribution >= 4 is 11.8 Å². The summed E-state index contributed by atoms with van der Waals surface area (Å²) >= 11 is 0. The Morgan fingerprint density at radius 2 is 1.59 bits per heavy atom. The summed E-state index contributed by atoms with van der Waals surface area (Å²) in [6, 6.07) is 1.66. The standard InChI is InChI=1S/C9H3F6NO/c10-8(11,12)5-2-1-3-6(16-4-17)7(5)9(13,14)15/h1-3H. The number of rotatable bonds is 1. The molecule has 0 aliphatic heterocycles. The summed E-state index contributed by atoms with van der Waals surface area (Å²) in [7, 11) is 0. The fourth-order valence-electron chi connectivity index (χ4n) is 1.22. The molecule has 0 heterocycles. The van der Waals surface area contributed by atoms with Gasteiger partial charge in [0.15, 0.2) is 0 Å². The Kier molecular flexibility index (Phi) is 3.28. The second kappa shape index (κ2) is 4.21. The summed E-state index contributed by atoms with van der Waals surface area (Å²) < 4.78 is 74.5. The molecule has 0 unspecified atom stereocenters.